The third kappa shape index (κ3) is 5.03. The number of aromatic nitrogens is 2. The first-order valence-electron chi connectivity index (χ1n) is 12.5. The fraction of sp³-hybridized carbons (Fsp3) is 0.357. The van der Waals surface area contributed by atoms with Gasteiger partial charge in [-0.25, -0.2) is 14.8 Å². The number of likely N-dealkylation sites (tertiary alicyclic amines) is 1. The third-order valence-electron chi connectivity index (χ3n) is 6.96. The summed E-state index contributed by atoms with van der Waals surface area (Å²) in [7, 11) is 0. The molecule has 1 saturated heterocycles. The SMILES string of the molecule is CCOC(=O)c1cnc(N(c2ccccc2)C2CCN(C(=O)CC3=CNC4C=CC=CC34)CC2)nc1. The zero-order valence-electron chi connectivity index (χ0n) is 20.4. The summed E-state index contributed by atoms with van der Waals surface area (Å²) in [5, 5.41) is 3.37. The van der Waals surface area contributed by atoms with Crippen molar-refractivity contribution in [2.45, 2.75) is 38.3 Å². The number of carbonyl (C=O) groups excluding carboxylic acids is 2. The Kier molecular flexibility index (Phi) is 7.11. The van der Waals surface area contributed by atoms with Crippen molar-refractivity contribution < 1.29 is 14.3 Å². The number of amides is 1. The number of rotatable bonds is 7. The first-order chi connectivity index (χ1) is 17.6. The fourth-order valence-electron chi connectivity index (χ4n) is 5.09. The molecule has 36 heavy (non-hydrogen) atoms. The minimum Gasteiger partial charge on any atom is -0.462 e. The van der Waals surface area contributed by atoms with Gasteiger partial charge >= 0.3 is 5.97 Å². The summed E-state index contributed by atoms with van der Waals surface area (Å²) in [4.78, 5) is 38.3. The van der Waals surface area contributed by atoms with Crippen molar-refractivity contribution >= 4 is 23.5 Å². The Bertz CT molecular complexity index is 1170. The molecule has 1 aliphatic carbocycles. The lowest BCUT2D eigenvalue weighted by molar-refractivity contribution is -0.131. The molecule has 1 aromatic heterocycles. The highest BCUT2D eigenvalue weighted by Crippen LogP contribution is 2.32. The Morgan fingerprint density at radius 1 is 1.08 bits per heavy atom. The summed E-state index contributed by atoms with van der Waals surface area (Å²) in [5.74, 6) is 0.538. The Morgan fingerprint density at radius 3 is 2.53 bits per heavy atom. The van der Waals surface area contributed by atoms with Gasteiger partial charge in [0.05, 0.1) is 24.6 Å². The van der Waals surface area contributed by atoms with Crippen LogP contribution < -0.4 is 10.2 Å². The number of nitrogens with one attached hydrogen (secondary N) is 1. The standard InChI is InChI=1S/C28H31N5O3/c1-2-36-27(35)21-18-30-28(31-19-21)33(22-8-4-3-5-9-22)23-12-14-32(15-13-23)26(34)16-20-17-29-25-11-7-6-10-24(20)25/h3-11,17-19,23-25,29H,2,12-16H2,1H3. The van der Waals surface area contributed by atoms with Crippen LogP contribution in [-0.2, 0) is 9.53 Å². The second-order valence-electron chi connectivity index (χ2n) is 9.19. The third-order valence-corrected chi connectivity index (χ3v) is 6.96. The van der Waals surface area contributed by atoms with Crippen LogP contribution in [0.25, 0.3) is 0 Å². The van der Waals surface area contributed by atoms with Gasteiger partial charge in [0, 0.05) is 43.1 Å². The van der Waals surface area contributed by atoms with Gasteiger partial charge in [-0.3, -0.25) is 4.79 Å². The Labute approximate surface area is 211 Å². The number of allylic oxidation sites excluding steroid dienone is 2. The van der Waals surface area contributed by atoms with Crippen LogP contribution in [-0.4, -0.2) is 58.5 Å². The first-order valence-corrected chi connectivity index (χ1v) is 12.5. The van der Waals surface area contributed by atoms with Crippen LogP contribution in [0, 0.1) is 5.92 Å². The number of hydrogen-bond acceptors (Lipinski definition) is 7. The molecule has 1 aromatic carbocycles. The van der Waals surface area contributed by atoms with Crippen molar-refractivity contribution in [1.82, 2.24) is 20.2 Å². The average Bonchev–Trinajstić information content (AvgIpc) is 3.33. The predicted molar refractivity (Wildman–Crippen MR) is 138 cm³/mol. The van der Waals surface area contributed by atoms with Gasteiger partial charge in [0.2, 0.25) is 11.9 Å². The number of fused-ring (bicyclic) bond motifs is 1. The number of carbonyl (C=O) groups is 2. The Hall–Kier alpha value is -3.94. The molecule has 2 aromatic rings. The van der Waals surface area contributed by atoms with Crippen molar-refractivity contribution in [3.63, 3.8) is 0 Å². The molecule has 2 atom stereocenters. The minimum absolute atomic E-state index is 0.132. The second kappa shape index (κ2) is 10.8. The number of anilines is 2. The van der Waals surface area contributed by atoms with Crippen molar-refractivity contribution in [1.29, 1.82) is 0 Å². The van der Waals surface area contributed by atoms with E-state index in [2.05, 4.69) is 38.4 Å². The van der Waals surface area contributed by atoms with E-state index < -0.39 is 5.97 Å². The van der Waals surface area contributed by atoms with Gasteiger partial charge in [-0.1, -0.05) is 42.5 Å². The summed E-state index contributed by atoms with van der Waals surface area (Å²) in [6.45, 7) is 3.43. The Morgan fingerprint density at radius 2 is 1.81 bits per heavy atom. The van der Waals surface area contributed by atoms with E-state index in [0.29, 0.717) is 37.6 Å². The summed E-state index contributed by atoms with van der Waals surface area (Å²) in [6, 6.07) is 10.4. The first kappa shape index (κ1) is 23.8. The lowest BCUT2D eigenvalue weighted by atomic mass is 9.89. The lowest BCUT2D eigenvalue weighted by Crippen LogP contribution is -2.46. The van der Waals surface area contributed by atoms with Crippen LogP contribution in [0.4, 0.5) is 11.6 Å². The number of piperidine rings is 1. The molecule has 1 N–H and O–H groups in total. The summed E-state index contributed by atoms with van der Waals surface area (Å²) in [5.41, 5.74) is 2.46. The lowest BCUT2D eigenvalue weighted by Gasteiger charge is -2.38. The average molecular weight is 486 g/mol. The molecule has 2 unspecified atom stereocenters. The smallest absolute Gasteiger partial charge is 0.341 e. The predicted octanol–water partition coefficient (Wildman–Crippen LogP) is 3.77. The van der Waals surface area contributed by atoms with Crippen molar-refractivity contribution in [3.05, 3.63) is 84.4 Å². The molecular formula is C28H31N5O3. The number of ether oxygens (including phenoxy) is 1. The van der Waals surface area contributed by atoms with Gasteiger partial charge in [-0.05, 0) is 43.7 Å². The highest BCUT2D eigenvalue weighted by atomic mass is 16.5. The monoisotopic (exact) mass is 485 g/mol. The number of hydrogen-bond donors (Lipinski definition) is 1. The maximum atomic E-state index is 13.1. The van der Waals surface area contributed by atoms with Crippen LogP contribution in [0.15, 0.2) is 78.8 Å². The largest absolute Gasteiger partial charge is 0.462 e. The fourth-order valence-corrected chi connectivity index (χ4v) is 5.09. The molecule has 1 fully saturated rings. The molecule has 8 heteroatoms. The van der Waals surface area contributed by atoms with Crippen LogP contribution in [0.3, 0.4) is 0 Å². The molecular weight excluding hydrogens is 454 g/mol. The topological polar surface area (TPSA) is 87.7 Å². The molecule has 0 spiro atoms. The number of nitrogens with zero attached hydrogens (tertiary/aromatic N) is 4. The van der Waals surface area contributed by atoms with Gasteiger partial charge in [0.15, 0.2) is 0 Å². The van der Waals surface area contributed by atoms with Gasteiger partial charge in [-0.2, -0.15) is 0 Å². The van der Waals surface area contributed by atoms with Crippen LogP contribution >= 0.6 is 0 Å². The van der Waals surface area contributed by atoms with E-state index in [1.54, 1.807) is 6.92 Å². The number of esters is 1. The maximum Gasteiger partial charge on any atom is 0.341 e. The molecule has 2 aliphatic heterocycles. The zero-order chi connectivity index (χ0) is 24.9. The quantitative estimate of drug-likeness (QED) is 0.598. The zero-order valence-corrected chi connectivity index (χ0v) is 20.4. The van der Waals surface area contributed by atoms with Gasteiger partial charge in [0.1, 0.15) is 0 Å². The number of para-hydroxylation sites is 1. The maximum absolute atomic E-state index is 13.1. The summed E-state index contributed by atoms with van der Waals surface area (Å²) in [6.07, 6.45) is 15.5. The molecule has 0 bridgehead atoms. The van der Waals surface area contributed by atoms with Gasteiger partial charge in [-0.15, -0.1) is 0 Å². The van der Waals surface area contributed by atoms with Crippen LogP contribution in [0.5, 0.6) is 0 Å². The van der Waals surface area contributed by atoms with E-state index in [9.17, 15) is 9.59 Å². The molecule has 1 amide bonds. The molecule has 3 aliphatic rings. The number of benzene rings is 1. The van der Waals surface area contributed by atoms with E-state index in [4.69, 9.17) is 4.74 Å². The van der Waals surface area contributed by atoms with E-state index in [1.807, 2.05) is 47.5 Å². The highest BCUT2D eigenvalue weighted by Gasteiger charge is 2.32. The molecule has 0 saturated carbocycles. The summed E-state index contributed by atoms with van der Waals surface area (Å²) < 4.78 is 5.06. The van der Waals surface area contributed by atoms with Crippen molar-refractivity contribution in [3.8, 4) is 0 Å². The molecule has 8 nitrogen and oxygen atoms in total. The van der Waals surface area contributed by atoms with E-state index in [-0.39, 0.29) is 23.9 Å². The van der Waals surface area contributed by atoms with E-state index in [1.165, 1.54) is 12.4 Å². The van der Waals surface area contributed by atoms with Crippen molar-refractivity contribution in [2.75, 3.05) is 24.6 Å². The highest BCUT2D eigenvalue weighted by molar-refractivity contribution is 5.88. The Balaban J connectivity index is 1.26. The molecule has 3 heterocycles. The molecule has 0 radical (unpaired) electrons. The summed E-state index contributed by atoms with van der Waals surface area (Å²) >= 11 is 0. The second-order valence-corrected chi connectivity index (χ2v) is 9.19. The van der Waals surface area contributed by atoms with Gasteiger partial charge < -0.3 is 19.9 Å². The molecule has 5 rings (SSSR count). The van der Waals surface area contributed by atoms with E-state index in [0.717, 1.165) is 24.1 Å². The van der Waals surface area contributed by atoms with E-state index >= 15 is 0 Å². The normalized spacial score (nSPS) is 20.9. The van der Waals surface area contributed by atoms with Crippen LogP contribution in [0.1, 0.15) is 36.5 Å². The molecule has 186 valence electrons. The van der Waals surface area contributed by atoms with Crippen LogP contribution in [0.2, 0.25) is 0 Å². The van der Waals surface area contributed by atoms with Crippen molar-refractivity contribution in [2.24, 2.45) is 5.92 Å². The minimum atomic E-state index is -0.430. The van der Waals surface area contributed by atoms with Gasteiger partial charge in [0.25, 0.3) is 0 Å².